The maximum atomic E-state index is 8.47. The van der Waals surface area contributed by atoms with Crippen molar-refractivity contribution in [3.05, 3.63) is 28.5 Å². The summed E-state index contributed by atoms with van der Waals surface area (Å²) >= 11 is 3.24. The molecule has 1 heterocycles. The summed E-state index contributed by atoms with van der Waals surface area (Å²) in [4.78, 5) is 3.97. The van der Waals surface area contributed by atoms with Gasteiger partial charge in [-0.1, -0.05) is 11.8 Å². The number of rotatable bonds is 1. The number of hydrogen-bond donors (Lipinski definition) is 1. The highest BCUT2D eigenvalue weighted by atomic mass is 79.9. The monoisotopic (exact) mass is 225 g/mol. The fourth-order valence-corrected chi connectivity index (χ4v) is 1.07. The van der Waals surface area contributed by atoms with Crippen molar-refractivity contribution in [2.24, 2.45) is 0 Å². The number of aliphatic hydroxyl groups is 1. The predicted octanol–water partition coefficient (Wildman–Crippen LogP) is 1.58. The Hall–Kier alpha value is -0.850. The average molecular weight is 226 g/mol. The lowest BCUT2D eigenvalue weighted by Gasteiger charge is -1.89. The molecule has 0 aliphatic rings. The van der Waals surface area contributed by atoms with Crippen LogP contribution in [0.4, 0.5) is 0 Å². The van der Waals surface area contributed by atoms with Crippen molar-refractivity contribution >= 4 is 15.9 Å². The zero-order valence-electron chi connectivity index (χ0n) is 6.42. The molecule has 0 saturated heterocycles. The number of aromatic nitrogens is 1. The van der Waals surface area contributed by atoms with E-state index in [-0.39, 0.29) is 6.61 Å². The first-order valence-corrected chi connectivity index (χ1v) is 4.33. The first kappa shape index (κ1) is 9.24. The van der Waals surface area contributed by atoms with Crippen molar-refractivity contribution in [2.75, 3.05) is 6.61 Å². The van der Waals surface area contributed by atoms with Crippen LogP contribution >= 0.6 is 15.9 Å². The van der Waals surface area contributed by atoms with Crippen LogP contribution in [0.2, 0.25) is 0 Å². The fraction of sp³-hybridized carbons (Fsp3) is 0.222. The second-order valence-electron chi connectivity index (χ2n) is 2.14. The van der Waals surface area contributed by atoms with Crippen LogP contribution in [0.15, 0.2) is 22.9 Å². The Kier molecular flexibility index (Phi) is 3.78. The minimum atomic E-state index is 0.110. The van der Waals surface area contributed by atoms with Gasteiger partial charge in [0.1, 0.15) is 4.60 Å². The summed E-state index contributed by atoms with van der Waals surface area (Å²) in [5.74, 6) is 5.74. The Morgan fingerprint density at radius 2 is 2.42 bits per heavy atom. The molecule has 3 heteroatoms. The van der Waals surface area contributed by atoms with E-state index in [1.54, 1.807) is 6.20 Å². The summed E-state index contributed by atoms with van der Waals surface area (Å²) in [6.45, 7) is 0.110. The third-order valence-electron chi connectivity index (χ3n) is 1.20. The van der Waals surface area contributed by atoms with Crippen molar-refractivity contribution in [1.82, 2.24) is 4.98 Å². The van der Waals surface area contributed by atoms with Crippen LogP contribution in [0.1, 0.15) is 12.0 Å². The molecule has 1 aromatic rings. The minimum Gasteiger partial charge on any atom is -0.395 e. The number of halogens is 1. The van der Waals surface area contributed by atoms with E-state index >= 15 is 0 Å². The van der Waals surface area contributed by atoms with Crippen LogP contribution in [-0.2, 0) is 0 Å². The van der Waals surface area contributed by atoms with E-state index in [9.17, 15) is 0 Å². The van der Waals surface area contributed by atoms with Crippen LogP contribution < -0.4 is 0 Å². The molecule has 0 aromatic carbocycles. The topological polar surface area (TPSA) is 33.1 Å². The van der Waals surface area contributed by atoms with Crippen LogP contribution in [0.3, 0.4) is 0 Å². The molecule has 0 aliphatic heterocycles. The molecule has 1 rings (SSSR count). The summed E-state index contributed by atoms with van der Waals surface area (Å²) < 4.78 is 0.776. The summed E-state index contributed by atoms with van der Waals surface area (Å²) in [5.41, 5.74) is 0.908. The molecule has 62 valence electrons. The maximum absolute atomic E-state index is 8.47. The van der Waals surface area contributed by atoms with Gasteiger partial charge in [0, 0.05) is 18.2 Å². The van der Waals surface area contributed by atoms with Crippen molar-refractivity contribution in [2.45, 2.75) is 6.42 Å². The quantitative estimate of drug-likeness (QED) is 0.582. The molecule has 0 bridgehead atoms. The standard InChI is InChI=1S/C9H8BrNO/c10-9-7-8(4-5-11-9)3-1-2-6-12/h4-5,7,12H,2,6H2. The van der Waals surface area contributed by atoms with Gasteiger partial charge in [0.05, 0.1) is 6.61 Å². The van der Waals surface area contributed by atoms with Crippen molar-refractivity contribution < 1.29 is 5.11 Å². The molecular formula is C9H8BrNO. The Labute approximate surface area is 79.8 Å². The summed E-state index contributed by atoms with van der Waals surface area (Å²) in [6.07, 6.45) is 2.20. The van der Waals surface area contributed by atoms with E-state index in [1.807, 2.05) is 12.1 Å². The Bertz CT molecular complexity index is 314. The lowest BCUT2D eigenvalue weighted by molar-refractivity contribution is 0.305. The van der Waals surface area contributed by atoms with E-state index in [1.165, 1.54) is 0 Å². The molecule has 2 nitrogen and oxygen atoms in total. The third kappa shape index (κ3) is 3.04. The second-order valence-corrected chi connectivity index (χ2v) is 2.96. The number of hydrogen-bond acceptors (Lipinski definition) is 2. The number of aliphatic hydroxyl groups excluding tert-OH is 1. The highest BCUT2D eigenvalue weighted by molar-refractivity contribution is 9.10. The summed E-state index contributed by atoms with van der Waals surface area (Å²) in [7, 11) is 0. The van der Waals surface area contributed by atoms with Crippen molar-refractivity contribution in [3.8, 4) is 11.8 Å². The van der Waals surface area contributed by atoms with Crippen LogP contribution in [0.5, 0.6) is 0 Å². The van der Waals surface area contributed by atoms with Gasteiger partial charge in [-0.2, -0.15) is 0 Å². The third-order valence-corrected chi connectivity index (χ3v) is 1.63. The molecule has 1 aromatic heterocycles. The van der Waals surface area contributed by atoms with E-state index < -0.39 is 0 Å². The molecule has 1 N–H and O–H groups in total. The zero-order chi connectivity index (χ0) is 8.81. The number of nitrogens with zero attached hydrogens (tertiary/aromatic N) is 1. The zero-order valence-corrected chi connectivity index (χ0v) is 8.00. The van der Waals surface area contributed by atoms with Gasteiger partial charge in [-0.25, -0.2) is 4.98 Å². The van der Waals surface area contributed by atoms with Gasteiger partial charge in [-0.05, 0) is 28.1 Å². The highest BCUT2D eigenvalue weighted by Gasteiger charge is 1.88. The Morgan fingerprint density at radius 3 is 3.08 bits per heavy atom. The summed E-state index contributed by atoms with van der Waals surface area (Å²) in [6, 6.07) is 3.67. The van der Waals surface area contributed by atoms with Crippen molar-refractivity contribution in [3.63, 3.8) is 0 Å². The van der Waals surface area contributed by atoms with Gasteiger partial charge in [0.25, 0.3) is 0 Å². The molecule has 0 unspecified atom stereocenters. The van der Waals surface area contributed by atoms with Gasteiger partial charge in [-0.15, -0.1) is 0 Å². The van der Waals surface area contributed by atoms with Crippen LogP contribution in [-0.4, -0.2) is 16.7 Å². The van der Waals surface area contributed by atoms with Gasteiger partial charge < -0.3 is 5.11 Å². The maximum Gasteiger partial charge on any atom is 0.107 e. The minimum absolute atomic E-state index is 0.110. The molecule has 0 radical (unpaired) electrons. The van der Waals surface area contributed by atoms with Gasteiger partial charge in [0.2, 0.25) is 0 Å². The Balaban J connectivity index is 2.71. The van der Waals surface area contributed by atoms with Gasteiger partial charge in [-0.3, -0.25) is 0 Å². The van der Waals surface area contributed by atoms with Crippen LogP contribution in [0.25, 0.3) is 0 Å². The van der Waals surface area contributed by atoms with Crippen LogP contribution in [0, 0.1) is 11.8 Å². The lowest BCUT2D eigenvalue weighted by atomic mass is 10.3. The normalized spacial score (nSPS) is 8.83. The molecule has 0 aliphatic carbocycles. The molecule has 12 heavy (non-hydrogen) atoms. The van der Waals surface area contributed by atoms with Gasteiger partial charge in [0.15, 0.2) is 0 Å². The molecule has 0 amide bonds. The molecule has 0 atom stereocenters. The fourth-order valence-electron chi connectivity index (χ4n) is 0.701. The van der Waals surface area contributed by atoms with E-state index in [4.69, 9.17) is 5.11 Å². The molecular weight excluding hydrogens is 218 g/mol. The van der Waals surface area contributed by atoms with E-state index in [0.29, 0.717) is 6.42 Å². The highest BCUT2D eigenvalue weighted by Crippen LogP contribution is 2.06. The second kappa shape index (κ2) is 4.91. The lowest BCUT2D eigenvalue weighted by Crippen LogP contribution is -1.79. The summed E-state index contributed by atoms with van der Waals surface area (Å²) in [5, 5.41) is 8.47. The van der Waals surface area contributed by atoms with Gasteiger partial charge >= 0.3 is 0 Å². The predicted molar refractivity (Wildman–Crippen MR) is 50.5 cm³/mol. The smallest absolute Gasteiger partial charge is 0.107 e. The molecule has 0 fully saturated rings. The first-order valence-electron chi connectivity index (χ1n) is 3.54. The average Bonchev–Trinajstić information content (AvgIpc) is 2.05. The largest absolute Gasteiger partial charge is 0.395 e. The van der Waals surface area contributed by atoms with E-state index in [0.717, 1.165) is 10.2 Å². The molecule has 0 spiro atoms. The Morgan fingerprint density at radius 1 is 1.58 bits per heavy atom. The van der Waals surface area contributed by atoms with E-state index in [2.05, 4.69) is 32.8 Å². The van der Waals surface area contributed by atoms with Crippen molar-refractivity contribution in [1.29, 1.82) is 0 Å². The SMILES string of the molecule is OCCC#Cc1ccnc(Br)c1. The molecule has 0 saturated carbocycles. The first-order chi connectivity index (χ1) is 5.83. The number of pyridine rings is 1.